The molecule has 0 aromatic heterocycles. The quantitative estimate of drug-likeness (QED) is 0.533. The molecule has 0 saturated heterocycles. The van der Waals surface area contributed by atoms with E-state index in [0.29, 0.717) is 0 Å². The molecule has 102 valence electrons. The van der Waals surface area contributed by atoms with Crippen molar-refractivity contribution >= 4 is 17.8 Å². The predicted octanol–water partition coefficient (Wildman–Crippen LogP) is 2.78. The maximum Gasteiger partial charge on any atom is 0.377 e. The highest BCUT2D eigenvalue weighted by Gasteiger charge is 2.15. The third kappa shape index (κ3) is 4.19. The van der Waals surface area contributed by atoms with Gasteiger partial charge in [0, 0.05) is 5.56 Å². The Balaban J connectivity index is 2.39. The molecular formula is C18H12O3. The zero-order valence-electron chi connectivity index (χ0n) is 11.1. The van der Waals surface area contributed by atoms with Crippen LogP contribution in [-0.2, 0) is 9.59 Å². The highest BCUT2D eigenvalue weighted by Crippen LogP contribution is 2.08. The first-order valence-corrected chi connectivity index (χ1v) is 6.28. The van der Waals surface area contributed by atoms with E-state index < -0.39 is 11.8 Å². The summed E-state index contributed by atoms with van der Waals surface area (Å²) in [7, 11) is 0. The molecule has 0 atom stereocenters. The van der Waals surface area contributed by atoms with Gasteiger partial charge in [-0.1, -0.05) is 60.4 Å². The smallest absolute Gasteiger partial charge is 0.377 e. The Hall–Kier alpha value is -3.12. The summed E-state index contributed by atoms with van der Waals surface area (Å²) >= 11 is 0. The minimum Gasteiger partial charge on any atom is -0.475 e. The van der Waals surface area contributed by atoms with Crippen molar-refractivity contribution in [2.24, 2.45) is 0 Å². The average Bonchev–Trinajstić information content (AvgIpc) is 2.52. The molecule has 0 radical (unpaired) electrons. The molecule has 2 aromatic carbocycles. The Morgan fingerprint density at radius 1 is 0.905 bits per heavy atom. The van der Waals surface area contributed by atoms with Crippen LogP contribution in [0.1, 0.15) is 11.1 Å². The van der Waals surface area contributed by atoms with Crippen LogP contribution in [0.25, 0.3) is 6.08 Å². The third-order valence-electron chi connectivity index (χ3n) is 2.66. The summed E-state index contributed by atoms with van der Waals surface area (Å²) in [5.41, 5.74) is 1.40. The molecule has 1 N–H and O–H groups in total. The molecule has 0 amide bonds. The van der Waals surface area contributed by atoms with Crippen LogP contribution in [0.3, 0.4) is 0 Å². The highest BCUT2D eigenvalue weighted by molar-refractivity contribution is 6.42. The van der Waals surface area contributed by atoms with Crippen molar-refractivity contribution in [2.75, 3.05) is 0 Å². The number of rotatable bonds is 3. The van der Waals surface area contributed by atoms with Crippen molar-refractivity contribution in [2.45, 2.75) is 0 Å². The molecule has 0 aliphatic rings. The second kappa shape index (κ2) is 6.88. The van der Waals surface area contributed by atoms with Gasteiger partial charge in [0.05, 0.1) is 5.57 Å². The number of aliphatic carboxylic acids is 1. The van der Waals surface area contributed by atoms with Gasteiger partial charge >= 0.3 is 5.97 Å². The van der Waals surface area contributed by atoms with Crippen molar-refractivity contribution in [3.63, 3.8) is 0 Å². The molecule has 0 aliphatic carbocycles. The fraction of sp³-hybridized carbons (Fsp3) is 0. The summed E-state index contributed by atoms with van der Waals surface area (Å²) in [5.74, 6) is 2.92. The molecule has 0 aliphatic heterocycles. The van der Waals surface area contributed by atoms with Crippen LogP contribution in [0.4, 0.5) is 0 Å². The Morgan fingerprint density at radius 2 is 1.48 bits per heavy atom. The van der Waals surface area contributed by atoms with E-state index in [1.807, 2.05) is 24.3 Å². The Morgan fingerprint density at radius 3 is 2.05 bits per heavy atom. The average molecular weight is 276 g/mol. The summed E-state index contributed by atoms with van der Waals surface area (Å²) in [6.45, 7) is 0. The minimum atomic E-state index is -1.51. The van der Waals surface area contributed by atoms with Crippen LogP contribution in [-0.4, -0.2) is 16.9 Å². The molecule has 2 rings (SSSR count). The number of benzene rings is 2. The molecule has 0 unspecified atom stereocenters. The van der Waals surface area contributed by atoms with Gasteiger partial charge in [-0.05, 0) is 23.8 Å². The molecule has 0 bridgehead atoms. The van der Waals surface area contributed by atoms with Gasteiger partial charge in [-0.25, -0.2) is 4.79 Å². The van der Waals surface area contributed by atoms with Crippen molar-refractivity contribution in [1.29, 1.82) is 0 Å². The first kappa shape index (κ1) is 14.3. The topological polar surface area (TPSA) is 54.4 Å². The summed E-state index contributed by atoms with van der Waals surface area (Å²) < 4.78 is 0. The number of hydrogen-bond donors (Lipinski definition) is 1. The highest BCUT2D eigenvalue weighted by atomic mass is 16.4. The molecule has 21 heavy (non-hydrogen) atoms. The van der Waals surface area contributed by atoms with Crippen molar-refractivity contribution in [3.8, 4) is 11.8 Å². The zero-order valence-corrected chi connectivity index (χ0v) is 11.1. The first-order chi connectivity index (χ1) is 10.2. The fourth-order valence-corrected chi connectivity index (χ4v) is 1.65. The van der Waals surface area contributed by atoms with Gasteiger partial charge in [0.2, 0.25) is 0 Å². The van der Waals surface area contributed by atoms with Crippen LogP contribution < -0.4 is 0 Å². The number of carbonyl (C=O) groups excluding carboxylic acids is 1. The lowest BCUT2D eigenvalue weighted by Gasteiger charge is -1.96. The Bertz CT molecular complexity index is 732. The number of carboxylic acid groups (broad SMARTS) is 1. The minimum absolute atomic E-state index is 0.0439. The van der Waals surface area contributed by atoms with E-state index in [4.69, 9.17) is 5.11 Å². The van der Waals surface area contributed by atoms with Crippen LogP contribution in [0.2, 0.25) is 0 Å². The van der Waals surface area contributed by atoms with E-state index in [9.17, 15) is 9.59 Å². The second-order valence-electron chi connectivity index (χ2n) is 4.22. The Labute approximate surface area is 122 Å². The number of ketones is 1. The van der Waals surface area contributed by atoms with E-state index >= 15 is 0 Å². The number of carbonyl (C=O) groups is 2. The van der Waals surface area contributed by atoms with Gasteiger partial charge in [-0.15, -0.1) is 0 Å². The molecule has 0 fully saturated rings. The summed E-state index contributed by atoms with van der Waals surface area (Å²) in [6, 6.07) is 18.1. The summed E-state index contributed by atoms with van der Waals surface area (Å²) in [6.07, 6.45) is 1.48. The molecule has 2 aromatic rings. The van der Waals surface area contributed by atoms with Gasteiger partial charge in [-0.2, -0.15) is 0 Å². The number of hydrogen-bond acceptors (Lipinski definition) is 2. The van der Waals surface area contributed by atoms with Crippen molar-refractivity contribution in [3.05, 3.63) is 77.4 Å². The molecule has 3 heteroatoms. The monoisotopic (exact) mass is 276 g/mol. The van der Waals surface area contributed by atoms with Crippen LogP contribution in [0.5, 0.6) is 0 Å². The lowest BCUT2D eigenvalue weighted by Crippen LogP contribution is -2.14. The molecular weight excluding hydrogens is 264 g/mol. The molecule has 0 heterocycles. The first-order valence-electron chi connectivity index (χ1n) is 6.28. The van der Waals surface area contributed by atoms with Gasteiger partial charge in [0.15, 0.2) is 0 Å². The maximum absolute atomic E-state index is 11.7. The third-order valence-corrected chi connectivity index (χ3v) is 2.66. The standard InChI is InChI=1S/C18H12O3/c19-17(18(20)21)16(13-15-9-5-2-6-10-15)12-11-14-7-3-1-4-8-14/h1-10,13H,(H,20,21)/b16-13+. The van der Waals surface area contributed by atoms with Crippen LogP contribution in [0.15, 0.2) is 66.2 Å². The predicted molar refractivity (Wildman–Crippen MR) is 80.4 cm³/mol. The molecule has 0 spiro atoms. The van der Waals surface area contributed by atoms with E-state index in [1.54, 1.807) is 36.4 Å². The van der Waals surface area contributed by atoms with E-state index in [0.717, 1.165) is 11.1 Å². The summed E-state index contributed by atoms with van der Waals surface area (Å²) in [4.78, 5) is 22.6. The largest absolute Gasteiger partial charge is 0.475 e. The molecule has 0 saturated carbocycles. The van der Waals surface area contributed by atoms with E-state index in [1.165, 1.54) is 6.08 Å². The van der Waals surface area contributed by atoms with E-state index in [2.05, 4.69) is 11.8 Å². The lowest BCUT2D eigenvalue weighted by atomic mass is 10.1. The van der Waals surface area contributed by atoms with Gasteiger partial charge in [0.25, 0.3) is 5.78 Å². The summed E-state index contributed by atoms with van der Waals surface area (Å²) in [5, 5.41) is 8.87. The number of Topliss-reactive ketones (excluding diaryl/α,β-unsaturated/α-hetero) is 1. The zero-order chi connectivity index (χ0) is 15.1. The van der Waals surface area contributed by atoms with Crippen molar-refractivity contribution in [1.82, 2.24) is 0 Å². The molecule has 3 nitrogen and oxygen atoms in total. The fourth-order valence-electron chi connectivity index (χ4n) is 1.65. The van der Waals surface area contributed by atoms with Crippen LogP contribution in [0, 0.1) is 11.8 Å². The van der Waals surface area contributed by atoms with Gasteiger partial charge < -0.3 is 5.11 Å². The van der Waals surface area contributed by atoms with Gasteiger partial charge in [-0.3, -0.25) is 4.79 Å². The van der Waals surface area contributed by atoms with Crippen molar-refractivity contribution < 1.29 is 14.7 Å². The van der Waals surface area contributed by atoms with Crippen LogP contribution >= 0.6 is 0 Å². The SMILES string of the molecule is O=C(O)C(=O)/C(C#Cc1ccccc1)=C/c1ccccc1. The normalized spacial score (nSPS) is 10.4. The van der Waals surface area contributed by atoms with E-state index in [-0.39, 0.29) is 5.57 Å². The lowest BCUT2D eigenvalue weighted by molar-refractivity contribution is -0.147. The van der Waals surface area contributed by atoms with Gasteiger partial charge in [0.1, 0.15) is 0 Å². The Kier molecular flexibility index (Phi) is 4.68. The number of carboxylic acids is 1. The second-order valence-corrected chi connectivity index (χ2v) is 4.22. The maximum atomic E-state index is 11.7.